The third kappa shape index (κ3) is 2.56. The van der Waals surface area contributed by atoms with Gasteiger partial charge in [-0.2, -0.15) is 5.10 Å². The van der Waals surface area contributed by atoms with E-state index in [4.69, 9.17) is 0 Å². The van der Waals surface area contributed by atoms with Gasteiger partial charge in [0, 0.05) is 17.8 Å². The van der Waals surface area contributed by atoms with Crippen molar-refractivity contribution >= 4 is 5.97 Å². The first kappa shape index (κ1) is 11.7. The van der Waals surface area contributed by atoms with E-state index in [1.165, 1.54) is 7.11 Å². The maximum absolute atomic E-state index is 11.1. The number of esters is 1. The van der Waals surface area contributed by atoms with Crippen LogP contribution in [0.25, 0.3) is 0 Å². The van der Waals surface area contributed by atoms with E-state index in [-0.39, 0.29) is 12.5 Å². The third-order valence-corrected chi connectivity index (χ3v) is 2.39. The SMILES string of the molecule is CNCc1c(C)nn(CC(=O)OC)c1C. The normalized spacial score (nSPS) is 10.4. The molecule has 1 rings (SSSR count). The predicted molar refractivity (Wildman–Crippen MR) is 56.5 cm³/mol. The van der Waals surface area contributed by atoms with Gasteiger partial charge in [-0.1, -0.05) is 0 Å². The maximum Gasteiger partial charge on any atom is 0.327 e. The lowest BCUT2D eigenvalue weighted by Crippen LogP contribution is -2.14. The summed E-state index contributed by atoms with van der Waals surface area (Å²) >= 11 is 0. The van der Waals surface area contributed by atoms with Gasteiger partial charge in [-0.25, -0.2) is 0 Å². The van der Waals surface area contributed by atoms with Gasteiger partial charge in [0.25, 0.3) is 0 Å². The van der Waals surface area contributed by atoms with Gasteiger partial charge in [-0.3, -0.25) is 9.48 Å². The zero-order valence-electron chi connectivity index (χ0n) is 9.63. The summed E-state index contributed by atoms with van der Waals surface area (Å²) < 4.78 is 6.28. The van der Waals surface area contributed by atoms with E-state index < -0.39 is 0 Å². The number of hydrogen-bond acceptors (Lipinski definition) is 4. The quantitative estimate of drug-likeness (QED) is 0.732. The van der Waals surface area contributed by atoms with Gasteiger partial charge < -0.3 is 10.1 Å². The van der Waals surface area contributed by atoms with E-state index in [0.29, 0.717) is 0 Å². The minimum absolute atomic E-state index is 0.173. The summed E-state index contributed by atoms with van der Waals surface area (Å²) in [6.45, 7) is 4.83. The first-order valence-corrected chi connectivity index (χ1v) is 4.84. The van der Waals surface area contributed by atoms with Gasteiger partial charge in [0.1, 0.15) is 6.54 Å². The lowest BCUT2D eigenvalue weighted by atomic mass is 10.2. The van der Waals surface area contributed by atoms with Crippen molar-refractivity contribution < 1.29 is 9.53 Å². The van der Waals surface area contributed by atoms with Crippen molar-refractivity contribution in [3.8, 4) is 0 Å². The molecule has 0 spiro atoms. The van der Waals surface area contributed by atoms with Crippen LogP contribution in [-0.2, 0) is 22.6 Å². The molecule has 84 valence electrons. The first-order chi connectivity index (χ1) is 7.10. The van der Waals surface area contributed by atoms with E-state index in [9.17, 15) is 4.79 Å². The summed E-state index contributed by atoms with van der Waals surface area (Å²) in [4.78, 5) is 11.1. The van der Waals surface area contributed by atoms with E-state index in [1.807, 2.05) is 20.9 Å². The molecule has 1 heterocycles. The Kier molecular flexibility index (Phi) is 3.85. The molecule has 0 saturated carbocycles. The number of methoxy groups -OCH3 is 1. The Labute approximate surface area is 89.4 Å². The van der Waals surface area contributed by atoms with E-state index >= 15 is 0 Å². The molecule has 1 aromatic heterocycles. The Morgan fingerprint density at radius 2 is 2.20 bits per heavy atom. The van der Waals surface area contributed by atoms with Gasteiger partial charge in [-0.05, 0) is 20.9 Å². The van der Waals surface area contributed by atoms with Crippen LogP contribution in [0.4, 0.5) is 0 Å². The highest BCUT2D eigenvalue weighted by molar-refractivity contribution is 5.69. The minimum atomic E-state index is -0.281. The summed E-state index contributed by atoms with van der Waals surface area (Å²) in [7, 11) is 3.26. The molecule has 0 aliphatic heterocycles. The second-order valence-electron chi connectivity index (χ2n) is 3.41. The molecule has 0 saturated heterocycles. The number of aryl methyl sites for hydroxylation is 1. The van der Waals surface area contributed by atoms with Gasteiger partial charge in [0.05, 0.1) is 12.8 Å². The summed E-state index contributed by atoms with van der Waals surface area (Å²) in [6, 6.07) is 0. The Morgan fingerprint density at radius 3 is 2.73 bits per heavy atom. The molecular weight excluding hydrogens is 194 g/mol. The number of carbonyl (C=O) groups is 1. The molecule has 0 fully saturated rings. The molecule has 15 heavy (non-hydrogen) atoms. The first-order valence-electron chi connectivity index (χ1n) is 4.84. The highest BCUT2D eigenvalue weighted by atomic mass is 16.5. The average Bonchev–Trinajstić information content (AvgIpc) is 2.46. The molecule has 0 aliphatic carbocycles. The molecule has 0 amide bonds. The van der Waals surface area contributed by atoms with Gasteiger partial charge in [0.15, 0.2) is 0 Å². The average molecular weight is 211 g/mol. The number of carbonyl (C=O) groups excluding carboxylic acids is 1. The van der Waals surface area contributed by atoms with Gasteiger partial charge in [0.2, 0.25) is 0 Å². The number of hydrogen-bond donors (Lipinski definition) is 1. The third-order valence-electron chi connectivity index (χ3n) is 2.39. The van der Waals surface area contributed by atoms with E-state index in [2.05, 4.69) is 15.2 Å². The number of ether oxygens (including phenoxy) is 1. The predicted octanol–water partition coefficient (Wildman–Crippen LogP) is 0.392. The van der Waals surface area contributed by atoms with Crippen molar-refractivity contribution in [2.24, 2.45) is 0 Å². The highest BCUT2D eigenvalue weighted by Gasteiger charge is 2.12. The van der Waals surface area contributed by atoms with Crippen molar-refractivity contribution in [2.45, 2.75) is 26.9 Å². The number of rotatable bonds is 4. The summed E-state index contributed by atoms with van der Waals surface area (Å²) in [5, 5.41) is 7.37. The molecule has 0 aliphatic rings. The smallest absolute Gasteiger partial charge is 0.327 e. The second-order valence-corrected chi connectivity index (χ2v) is 3.41. The molecule has 5 heteroatoms. The largest absolute Gasteiger partial charge is 0.468 e. The summed E-state index contributed by atoms with van der Waals surface area (Å²) in [5.41, 5.74) is 3.10. The minimum Gasteiger partial charge on any atom is -0.468 e. The summed E-state index contributed by atoms with van der Waals surface area (Å²) in [5.74, 6) is -0.281. The lowest BCUT2D eigenvalue weighted by molar-refractivity contribution is -0.141. The standard InChI is InChI=1S/C10H17N3O2/c1-7-9(5-11-3)8(2)13(12-7)6-10(14)15-4/h11H,5-6H2,1-4H3. The van der Waals surface area contributed by atoms with Crippen LogP contribution in [0.3, 0.4) is 0 Å². The molecule has 0 bridgehead atoms. The van der Waals surface area contributed by atoms with Crippen LogP contribution < -0.4 is 5.32 Å². The zero-order valence-corrected chi connectivity index (χ0v) is 9.63. The Bertz CT molecular complexity index is 358. The molecule has 0 aromatic carbocycles. The van der Waals surface area contributed by atoms with Crippen LogP contribution in [0.15, 0.2) is 0 Å². The Hall–Kier alpha value is -1.36. The monoisotopic (exact) mass is 211 g/mol. The van der Waals surface area contributed by atoms with Crippen LogP contribution >= 0.6 is 0 Å². The van der Waals surface area contributed by atoms with E-state index in [1.54, 1.807) is 4.68 Å². The topological polar surface area (TPSA) is 56.2 Å². The second kappa shape index (κ2) is 4.93. The molecule has 0 radical (unpaired) electrons. The van der Waals surface area contributed by atoms with Crippen LogP contribution in [0, 0.1) is 13.8 Å². The fourth-order valence-electron chi connectivity index (χ4n) is 1.51. The lowest BCUT2D eigenvalue weighted by Gasteiger charge is -2.03. The fourth-order valence-corrected chi connectivity index (χ4v) is 1.51. The highest BCUT2D eigenvalue weighted by Crippen LogP contribution is 2.12. The van der Waals surface area contributed by atoms with Gasteiger partial charge >= 0.3 is 5.97 Å². The summed E-state index contributed by atoms with van der Waals surface area (Å²) in [6.07, 6.45) is 0. The van der Waals surface area contributed by atoms with Crippen LogP contribution in [-0.4, -0.2) is 29.9 Å². The van der Waals surface area contributed by atoms with Gasteiger partial charge in [-0.15, -0.1) is 0 Å². The molecule has 0 atom stereocenters. The van der Waals surface area contributed by atoms with Crippen LogP contribution in [0.5, 0.6) is 0 Å². The number of nitrogens with one attached hydrogen (secondary N) is 1. The molecule has 1 N–H and O–H groups in total. The van der Waals surface area contributed by atoms with Crippen molar-refractivity contribution in [3.63, 3.8) is 0 Å². The molecule has 0 unspecified atom stereocenters. The number of nitrogens with zero attached hydrogens (tertiary/aromatic N) is 2. The van der Waals surface area contributed by atoms with Crippen molar-refractivity contribution in [1.82, 2.24) is 15.1 Å². The van der Waals surface area contributed by atoms with Crippen LogP contribution in [0.1, 0.15) is 17.0 Å². The zero-order chi connectivity index (χ0) is 11.4. The van der Waals surface area contributed by atoms with Crippen molar-refractivity contribution in [3.05, 3.63) is 17.0 Å². The fraction of sp³-hybridized carbons (Fsp3) is 0.600. The molecule has 1 aromatic rings. The molecular formula is C10H17N3O2. The van der Waals surface area contributed by atoms with E-state index in [0.717, 1.165) is 23.5 Å². The number of aromatic nitrogens is 2. The maximum atomic E-state index is 11.1. The van der Waals surface area contributed by atoms with Crippen LogP contribution in [0.2, 0.25) is 0 Å². The molecule has 5 nitrogen and oxygen atoms in total. The van der Waals surface area contributed by atoms with Crippen molar-refractivity contribution in [2.75, 3.05) is 14.2 Å². The Balaban J connectivity index is 2.90. The Morgan fingerprint density at radius 1 is 1.53 bits per heavy atom. The van der Waals surface area contributed by atoms with Crippen molar-refractivity contribution in [1.29, 1.82) is 0 Å².